The number of nitrogens with one attached hydrogen (secondary N) is 1. The van der Waals surface area contributed by atoms with Gasteiger partial charge in [0.05, 0.1) is 5.75 Å². The highest BCUT2D eigenvalue weighted by Crippen LogP contribution is 2.25. The van der Waals surface area contributed by atoms with Gasteiger partial charge in [0.25, 0.3) is 0 Å². The minimum Gasteiger partial charge on any atom is -0.480 e. The van der Waals surface area contributed by atoms with Gasteiger partial charge in [0.2, 0.25) is 5.91 Å². The molecule has 1 amide bonds. The Morgan fingerprint density at radius 1 is 1.25 bits per heavy atom. The Morgan fingerprint density at radius 2 is 1.80 bits per heavy atom. The van der Waals surface area contributed by atoms with E-state index in [1.54, 1.807) is 0 Å². The second-order valence-corrected chi connectivity index (χ2v) is 6.74. The fourth-order valence-corrected chi connectivity index (χ4v) is 2.25. The number of hydrogen-bond acceptors (Lipinski definition) is 3. The van der Waals surface area contributed by atoms with Crippen LogP contribution in [0.15, 0.2) is 29.2 Å². The van der Waals surface area contributed by atoms with Crippen molar-refractivity contribution in [2.45, 2.75) is 44.0 Å². The van der Waals surface area contributed by atoms with E-state index < -0.39 is 12.0 Å². The summed E-state index contributed by atoms with van der Waals surface area (Å²) in [6, 6.07) is 7.23. The van der Waals surface area contributed by atoms with Crippen molar-refractivity contribution in [3.8, 4) is 0 Å². The summed E-state index contributed by atoms with van der Waals surface area (Å²) in [5.41, 5.74) is 1.35. The van der Waals surface area contributed by atoms with Crippen LogP contribution in [0.3, 0.4) is 0 Å². The van der Waals surface area contributed by atoms with E-state index in [0.29, 0.717) is 0 Å². The fraction of sp³-hybridized carbons (Fsp3) is 0.467. The van der Waals surface area contributed by atoms with E-state index in [-0.39, 0.29) is 17.1 Å². The first kappa shape index (κ1) is 16.6. The molecule has 0 heterocycles. The van der Waals surface area contributed by atoms with Crippen molar-refractivity contribution < 1.29 is 14.7 Å². The molecule has 20 heavy (non-hydrogen) atoms. The topological polar surface area (TPSA) is 66.4 Å². The van der Waals surface area contributed by atoms with Crippen LogP contribution in [0.2, 0.25) is 0 Å². The molecule has 0 spiro atoms. The molecule has 1 aromatic carbocycles. The van der Waals surface area contributed by atoms with Crippen molar-refractivity contribution in [2.75, 3.05) is 5.75 Å². The predicted octanol–water partition coefficient (Wildman–Crippen LogP) is 2.67. The van der Waals surface area contributed by atoms with Crippen molar-refractivity contribution in [3.05, 3.63) is 29.8 Å². The van der Waals surface area contributed by atoms with E-state index in [1.807, 2.05) is 12.1 Å². The summed E-state index contributed by atoms with van der Waals surface area (Å²) in [6.45, 7) is 7.89. The Balaban J connectivity index is 2.50. The summed E-state index contributed by atoms with van der Waals surface area (Å²) in [4.78, 5) is 23.2. The largest absolute Gasteiger partial charge is 0.480 e. The number of aliphatic carboxylic acids is 1. The Morgan fingerprint density at radius 3 is 2.25 bits per heavy atom. The van der Waals surface area contributed by atoms with Gasteiger partial charge in [0.1, 0.15) is 6.04 Å². The monoisotopic (exact) mass is 295 g/mol. The van der Waals surface area contributed by atoms with Gasteiger partial charge in [-0.1, -0.05) is 32.9 Å². The number of thioether (sulfide) groups is 1. The lowest BCUT2D eigenvalue weighted by atomic mass is 9.87. The van der Waals surface area contributed by atoms with Crippen molar-refractivity contribution in [2.24, 2.45) is 0 Å². The minimum atomic E-state index is -1.03. The molecule has 1 rings (SSSR count). The quantitative estimate of drug-likeness (QED) is 0.820. The van der Waals surface area contributed by atoms with Crippen molar-refractivity contribution in [3.63, 3.8) is 0 Å². The highest BCUT2D eigenvalue weighted by atomic mass is 32.2. The predicted molar refractivity (Wildman–Crippen MR) is 81.1 cm³/mol. The molecule has 1 atom stereocenters. The van der Waals surface area contributed by atoms with E-state index in [1.165, 1.54) is 24.2 Å². The zero-order chi connectivity index (χ0) is 15.3. The number of benzene rings is 1. The Kier molecular flexibility index (Phi) is 5.62. The molecule has 0 saturated carbocycles. The van der Waals surface area contributed by atoms with Crippen molar-refractivity contribution in [1.82, 2.24) is 5.32 Å². The lowest BCUT2D eigenvalue weighted by molar-refractivity contribution is -0.140. The molecule has 0 radical (unpaired) electrons. The third-order valence-corrected chi connectivity index (χ3v) is 3.85. The van der Waals surface area contributed by atoms with E-state index >= 15 is 0 Å². The highest BCUT2D eigenvalue weighted by molar-refractivity contribution is 8.00. The van der Waals surface area contributed by atoms with Crippen LogP contribution in [0.5, 0.6) is 0 Å². The molecule has 0 bridgehead atoms. The lowest BCUT2D eigenvalue weighted by Gasteiger charge is -2.19. The van der Waals surface area contributed by atoms with Gasteiger partial charge in [-0.2, -0.15) is 0 Å². The molecule has 0 unspecified atom stereocenters. The number of hydrogen-bond donors (Lipinski definition) is 2. The van der Waals surface area contributed by atoms with Gasteiger partial charge in [-0.3, -0.25) is 9.59 Å². The number of rotatable bonds is 5. The number of carbonyl (C=O) groups is 2. The smallest absolute Gasteiger partial charge is 0.325 e. The molecule has 0 aliphatic rings. The van der Waals surface area contributed by atoms with Gasteiger partial charge in [0, 0.05) is 4.90 Å². The molecule has 0 aliphatic carbocycles. The molecule has 0 saturated heterocycles. The maximum Gasteiger partial charge on any atom is 0.325 e. The summed E-state index contributed by atoms with van der Waals surface area (Å²) in [6.07, 6.45) is 0. The first-order valence-corrected chi connectivity index (χ1v) is 7.44. The van der Waals surface area contributed by atoms with E-state index in [9.17, 15) is 9.59 Å². The average molecular weight is 295 g/mol. The number of amides is 1. The Hall–Kier alpha value is -1.49. The van der Waals surface area contributed by atoms with Crippen LogP contribution < -0.4 is 5.32 Å². The van der Waals surface area contributed by atoms with Gasteiger partial charge >= 0.3 is 5.97 Å². The summed E-state index contributed by atoms with van der Waals surface area (Å²) >= 11 is 1.40. The molecule has 110 valence electrons. The van der Waals surface area contributed by atoms with Crippen LogP contribution in [0.1, 0.15) is 33.3 Å². The normalized spacial score (nSPS) is 12.8. The Bertz CT molecular complexity index is 477. The van der Waals surface area contributed by atoms with Crippen LogP contribution >= 0.6 is 11.8 Å². The van der Waals surface area contributed by atoms with Crippen LogP contribution in [0.25, 0.3) is 0 Å². The number of carboxylic acid groups (broad SMARTS) is 1. The minimum absolute atomic E-state index is 0.109. The first-order valence-electron chi connectivity index (χ1n) is 6.45. The zero-order valence-electron chi connectivity index (χ0n) is 12.3. The van der Waals surface area contributed by atoms with E-state index in [4.69, 9.17) is 5.11 Å². The van der Waals surface area contributed by atoms with Gasteiger partial charge < -0.3 is 10.4 Å². The van der Waals surface area contributed by atoms with Crippen LogP contribution in [-0.2, 0) is 15.0 Å². The van der Waals surface area contributed by atoms with Gasteiger partial charge in [0.15, 0.2) is 0 Å². The van der Waals surface area contributed by atoms with E-state index in [2.05, 4.69) is 38.2 Å². The van der Waals surface area contributed by atoms with Crippen molar-refractivity contribution in [1.29, 1.82) is 0 Å². The lowest BCUT2D eigenvalue weighted by Crippen LogP contribution is -2.39. The van der Waals surface area contributed by atoms with Gasteiger partial charge in [-0.05, 0) is 30.0 Å². The van der Waals surface area contributed by atoms with E-state index in [0.717, 1.165) is 4.90 Å². The highest BCUT2D eigenvalue weighted by Gasteiger charge is 2.15. The second kappa shape index (κ2) is 6.79. The number of carbonyl (C=O) groups excluding carboxylic acids is 1. The van der Waals surface area contributed by atoms with Gasteiger partial charge in [-0.25, -0.2) is 0 Å². The third kappa shape index (κ3) is 5.25. The molecule has 0 aliphatic heterocycles. The van der Waals surface area contributed by atoms with Crippen molar-refractivity contribution >= 4 is 23.6 Å². The molecule has 2 N–H and O–H groups in total. The maximum absolute atomic E-state index is 11.6. The SMILES string of the molecule is C[C@H](NC(=O)CSc1ccc(C(C)(C)C)cc1)C(=O)O. The fourth-order valence-electron chi connectivity index (χ4n) is 1.54. The molecule has 0 aromatic heterocycles. The molecule has 5 heteroatoms. The first-order chi connectivity index (χ1) is 9.20. The molecule has 1 aromatic rings. The molecular weight excluding hydrogens is 274 g/mol. The average Bonchev–Trinajstić information content (AvgIpc) is 2.35. The van der Waals surface area contributed by atoms with Crippen LogP contribution in [0.4, 0.5) is 0 Å². The van der Waals surface area contributed by atoms with Crippen LogP contribution in [0, 0.1) is 0 Å². The summed E-state index contributed by atoms with van der Waals surface area (Å²) < 4.78 is 0. The zero-order valence-corrected chi connectivity index (χ0v) is 13.1. The van der Waals surface area contributed by atoms with Gasteiger partial charge in [-0.15, -0.1) is 11.8 Å². The third-order valence-electron chi connectivity index (χ3n) is 2.84. The molecular formula is C15H21NO3S. The molecule has 4 nitrogen and oxygen atoms in total. The summed E-state index contributed by atoms with van der Waals surface area (Å²) in [5.74, 6) is -1.09. The number of carboxylic acids is 1. The Labute approximate surface area is 124 Å². The second-order valence-electron chi connectivity index (χ2n) is 5.69. The molecule has 0 fully saturated rings. The maximum atomic E-state index is 11.6. The standard InChI is InChI=1S/C15H21NO3S/c1-10(14(18)19)16-13(17)9-20-12-7-5-11(6-8-12)15(2,3)4/h5-8,10H,9H2,1-4H3,(H,16,17)(H,18,19)/t10-/m0/s1. The summed E-state index contributed by atoms with van der Waals surface area (Å²) in [7, 11) is 0. The van der Waals surface area contributed by atoms with Crippen LogP contribution in [-0.4, -0.2) is 28.8 Å². The summed E-state index contributed by atoms with van der Waals surface area (Å²) in [5, 5.41) is 11.1.